The molecule has 0 bridgehead atoms. The minimum Gasteiger partial charge on any atom is -0.364 e. The van der Waals surface area contributed by atoms with Gasteiger partial charge < -0.3 is 11.1 Å². The van der Waals surface area contributed by atoms with Crippen LogP contribution in [0, 0.1) is 0 Å². The standard InChI is InChI=1S/C9H16N4/c1-9(2,3)13-8-6-11-7(4-10)5-12-8/h5-6H,4,10H2,1-3H3,(H,12,13). The summed E-state index contributed by atoms with van der Waals surface area (Å²) >= 11 is 0. The average molecular weight is 180 g/mol. The van der Waals surface area contributed by atoms with E-state index in [1.807, 2.05) is 0 Å². The number of nitrogens with zero attached hydrogens (tertiary/aromatic N) is 2. The van der Waals surface area contributed by atoms with Crippen molar-refractivity contribution in [1.82, 2.24) is 9.97 Å². The Bertz CT molecular complexity index is 260. The van der Waals surface area contributed by atoms with E-state index < -0.39 is 0 Å². The lowest BCUT2D eigenvalue weighted by Crippen LogP contribution is -2.26. The summed E-state index contributed by atoms with van der Waals surface area (Å²) in [7, 11) is 0. The van der Waals surface area contributed by atoms with Crippen LogP contribution in [0.1, 0.15) is 26.5 Å². The first kappa shape index (κ1) is 9.92. The summed E-state index contributed by atoms with van der Waals surface area (Å²) in [6.07, 6.45) is 3.39. The third kappa shape index (κ3) is 3.38. The van der Waals surface area contributed by atoms with Gasteiger partial charge in [-0.05, 0) is 20.8 Å². The highest BCUT2D eigenvalue weighted by atomic mass is 15.1. The topological polar surface area (TPSA) is 63.8 Å². The van der Waals surface area contributed by atoms with Crippen LogP contribution >= 0.6 is 0 Å². The molecule has 0 saturated heterocycles. The number of hydrogen-bond acceptors (Lipinski definition) is 4. The van der Waals surface area contributed by atoms with E-state index in [1.54, 1.807) is 12.4 Å². The second-order valence-electron chi connectivity index (χ2n) is 3.97. The predicted molar refractivity (Wildman–Crippen MR) is 53.3 cm³/mol. The molecule has 1 rings (SSSR count). The normalized spacial score (nSPS) is 11.4. The molecule has 72 valence electrons. The Morgan fingerprint density at radius 1 is 1.31 bits per heavy atom. The summed E-state index contributed by atoms with van der Waals surface area (Å²) in [6, 6.07) is 0. The van der Waals surface area contributed by atoms with Gasteiger partial charge >= 0.3 is 0 Å². The quantitative estimate of drug-likeness (QED) is 0.716. The van der Waals surface area contributed by atoms with Crippen LogP contribution in [0.15, 0.2) is 12.4 Å². The molecule has 1 aromatic rings. The third-order valence-corrected chi connectivity index (χ3v) is 1.42. The Morgan fingerprint density at radius 3 is 2.38 bits per heavy atom. The zero-order valence-electron chi connectivity index (χ0n) is 8.33. The zero-order valence-corrected chi connectivity index (χ0v) is 8.33. The molecular formula is C9H16N4. The van der Waals surface area contributed by atoms with Crippen molar-refractivity contribution >= 4 is 5.82 Å². The first-order chi connectivity index (χ1) is 6.01. The Morgan fingerprint density at radius 2 is 2.00 bits per heavy atom. The predicted octanol–water partition coefficient (Wildman–Crippen LogP) is 1.15. The van der Waals surface area contributed by atoms with Crippen LogP contribution in [-0.2, 0) is 6.54 Å². The van der Waals surface area contributed by atoms with Gasteiger partial charge in [0.1, 0.15) is 5.82 Å². The van der Waals surface area contributed by atoms with E-state index in [2.05, 4.69) is 36.1 Å². The van der Waals surface area contributed by atoms with Crippen LogP contribution in [0.25, 0.3) is 0 Å². The molecule has 0 saturated carbocycles. The van der Waals surface area contributed by atoms with Crippen LogP contribution in [0.5, 0.6) is 0 Å². The van der Waals surface area contributed by atoms with Gasteiger partial charge in [0.05, 0.1) is 18.1 Å². The van der Waals surface area contributed by atoms with E-state index in [0.717, 1.165) is 11.5 Å². The van der Waals surface area contributed by atoms with E-state index in [0.29, 0.717) is 6.54 Å². The fourth-order valence-electron chi connectivity index (χ4n) is 0.909. The highest BCUT2D eigenvalue weighted by molar-refractivity contribution is 5.33. The molecule has 0 fully saturated rings. The Kier molecular flexibility index (Phi) is 2.83. The van der Waals surface area contributed by atoms with E-state index >= 15 is 0 Å². The van der Waals surface area contributed by atoms with Crippen molar-refractivity contribution in [3.05, 3.63) is 18.1 Å². The van der Waals surface area contributed by atoms with E-state index in [-0.39, 0.29) is 5.54 Å². The van der Waals surface area contributed by atoms with Gasteiger partial charge in [-0.15, -0.1) is 0 Å². The van der Waals surface area contributed by atoms with E-state index in [9.17, 15) is 0 Å². The highest BCUT2D eigenvalue weighted by Crippen LogP contribution is 2.09. The summed E-state index contributed by atoms with van der Waals surface area (Å²) in [4.78, 5) is 8.31. The number of rotatable bonds is 2. The van der Waals surface area contributed by atoms with Crippen molar-refractivity contribution in [2.75, 3.05) is 5.32 Å². The molecule has 0 atom stereocenters. The zero-order chi connectivity index (χ0) is 9.90. The van der Waals surface area contributed by atoms with Crippen molar-refractivity contribution in [2.45, 2.75) is 32.9 Å². The lowest BCUT2D eigenvalue weighted by molar-refractivity contribution is 0.629. The fraction of sp³-hybridized carbons (Fsp3) is 0.556. The second kappa shape index (κ2) is 3.70. The van der Waals surface area contributed by atoms with Crippen LogP contribution < -0.4 is 11.1 Å². The fourth-order valence-corrected chi connectivity index (χ4v) is 0.909. The van der Waals surface area contributed by atoms with Gasteiger partial charge in [0.25, 0.3) is 0 Å². The maximum atomic E-state index is 5.40. The summed E-state index contributed by atoms with van der Waals surface area (Å²) in [5.74, 6) is 0.782. The van der Waals surface area contributed by atoms with Gasteiger partial charge in [-0.25, -0.2) is 4.98 Å². The SMILES string of the molecule is CC(C)(C)Nc1cnc(CN)cn1. The Hall–Kier alpha value is -1.16. The first-order valence-corrected chi connectivity index (χ1v) is 4.30. The highest BCUT2D eigenvalue weighted by Gasteiger charge is 2.09. The summed E-state index contributed by atoms with van der Waals surface area (Å²) in [5, 5.41) is 3.22. The smallest absolute Gasteiger partial charge is 0.144 e. The molecule has 0 unspecified atom stereocenters. The van der Waals surface area contributed by atoms with E-state index in [4.69, 9.17) is 5.73 Å². The van der Waals surface area contributed by atoms with Gasteiger partial charge in [0, 0.05) is 12.1 Å². The van der Waals surface area contributed by atoms with Crippen LogP contribution in [0.4, 0.5) is 5.82 Å². The van der Waals surface area contributed by atoms with Crippen molar-refractivity contribution in [1.29, 1.82) is 0 Å². The summed E-state index contributed by atoms with van der Waals surface area (Å²) in [5.41, 5.74) is 6.22. The summed E-state index contributed by atoms with van der Waals surface area (Å²) in [6.45, 7) is 6.66. The molecule has 0 aliphatic rings. The molecule has 0 aromatic carbocycles. The molecule has 0 aliphatic carbocycles. The molecule has 4 heteroatoms. The van der Waals surface area contributed by atoms with Gasteiger partial charge in [-0.3, -0.25) is 4.98 Å². The molecule has 3 N–H and O–H groups in total. The molecule has 0 radical (unpaired) electrons. The van der Waals surface area contributed by atoms with Gasteiger partial charge in [-0.2, -0.15) is 0 Å². The molecule has 0 amide bonds. The van der Waals surface area contributed by atoms with Crippen LogP contribution in [0.3, 0.4) is 0 Å². The molecule has 1 heterocycles. The number of hydrogen-bond donors (Lipinski definition) is 2. The van der Waals surface area contributed by atoms with Gasteiger partial charge in [0.2, 0.25) is 0 Å². The van der Waals surface area contributed by atoms with Crippen LogP contribution in [-0.4, -0.2) is 15.5 Å². The van der Waals surface area contributed by atoms with Gasteiger partial charge in [-0.1, -0.05) is 0 Å². The van der Waals surface area contributed by atoms with Crippen molar-refractivity contribution in [3.63, 3.8) is 0 Å². The van der Waals surface area contributed by atoms with Crippen molar-refractivity contribution < 1.29 is 0 Å². The van der Waals surface area contributed by atoms with Crippen molar-refractivity contribution in [2.24, 2.45) is 5.73 Å². The maximum Gasteiger partial charge on any atom is 0.144 e. The number of anilines is 1. The minimum absolute atomic E-state index is 0.0128. The number of nitrogens with two attached hydrogens (primary N) is 1. The first-order valence-electron chi connectivity index (χ1n) is 4.30. The average Bonchev–Trinajstić information content (AvgIpc) is 2.03. The minimum atomic E-state index is 0.0128. The second-order valence-corrected chi connectivity index (χ2v) is 3.97. The van der Waals surface area contributed by atoms with Gasteiger partial charge in [0.15, 0.2) is 0 Å². The molecular weight excluding hydrogens is 164 g/mol. The van der Waals surface area contributed by atoms with E-state index in [1.165, 1.54) is 0 Å². The molecule has 4 nitrogen and oxygen atoms in total. The lowest BCUT2D eigenvalue weighted by atomic mass is 10.1. The molecule has 13 heavy (non-hydrogen) atoms. The third-order valence-electron chi connectivity index (χ3n) is 1.42. The van der Waals surface area contributed by atoms with Crippen molar-refractivity contribution in [3.8, 4) is 0 Å². The largest absolute Gasteiger partial charge is 0.364 e. The number of aromatic nitrogens is 2. The molecule has 1 aromatic heterocycles. The summed E-state index contributed by atoms with van der Waals surface area (Å²) < 4.78 is 0. The lowest BCUT2D eigenvalue weighted by Gasteiger charge is -2.20. The molecule has 0 spiro atoms. The Balaban J connectivity index is 2.70. The van der Waals surface area contributed by atoms with Crippen LogP contribution in [0.2, 0.25) is 0 Å². The number of nitrogens with one attached hydrogen (secondary N) is 1. The Labute approximate surface area is 78.6 Å². The monoisotopic (exact) mass is 180 g/mol. The molecule has 0 aliphatic heterocycles. The maximum absolute atomic E-state index is 5.40.